The molecule has 2 N–H and O–H groups in total. The van der Waals surface area contributed by atoms with Gasteiger partial charge in [0.25, 0.3) is 0 Å². The molecule has 1 aromatic carbocycles. The highest BCUT2D eigenvalue weighted by Gasteiger charge is 2.10. The Hall–Kier alpha value is -2.56. The number of aromatic nitrogens is 1. The van der Waals surface area contributed by atoms with Crippen molar-refractivity contribution in [1.82, 2.24) is 4.98 Å². The number of carbonyl (C=O) groups excluding carboxylic acids is 1. The summed E-state index contributed by atoms with van der Waals surface area (Å²) in [7, 11) is 1.52. The van der Waals surface area contributed by atoms with Crippen molar-refractivity contribution < 1.29 is 14.3 Å². The maximum Gasteiger partial charge on any atom is 0.338 e. The van der Waals surface area contributed by atoms with E-state index >= 15 is 0 Å². The molecule has 2 rings (SSSR count). The van der Waals surface area contributed by atoms with Crippen molar-refractivity contribution >= 4 is 11.7 Å². The second-order valence-electron chi connectivity index (χ2n) is 3.89. The smallest absolute Gasteiger partial charge is 0.338 e. The third-order valence-corrected chi connectivity index (χ3v) is 2.58. The maximum absolute atomic E-state index is 11.8. The minimum atomic E-state index is -0.425. The minimum Gasteiger partial charge on any atom is -0.495 e. The molecular weight excluding hydrogens is 244 g/mol. The van der Waals surface area contributed by atoms with Crippen LogP contribution in [0, 0.1) is 0 Å². The van der Waals surface area contributed by atoms with E-state index in [2.05, 4.69) is 4.98 Å². The van der Waals surface area contributed by atoms with Gasteiger partial charge in [0.1, 0.15) is 12.4 Å². The van der Waals surface area contributed by atoms with Gasteiger partial charge in [0.2, 0.25) is 0 Å². The van der Waals surface area contributed by atoms with E-state index in [1.807, 2.05) is 0 Å². The molecule has 0 bridgehead atoms. The summed E-state index contributed by atoms with van der Waals surface area (Å²) in [5.41, 5.74) is 7.41. The van der Waals surface area contributed by atoms with Crippen LogP contribution in [0.5, 0.6) is 5.75 Å². The fourth-order valence-electron chi connectivity index (χ4n) is 1.57. The van der Waals surface area contributed by atoms with Gasteiger partial charge in [-0.15, -0.1) is 0 Å². The molecule has 1 heterocycles. The molecule has 98 valence electrons. The summed E-state index contributed by atoms with van der Waals surface area (Å²) in [6.07, 6.45) is 3.29. The molecule has 5 heteroatoms. The maximum atomic E-state index is 11.8. The first-order valence-electron chi connectivity index (χ1n) is 5.70. The number of methoxy groups -OCH3 is 1. The largest absolute Gasteiger partial charge is 0.495 e. The number of esters is 1. The SMILES string of the molecule is COc1ccc(C(=O)OCc2ccncc2)cc1N. The van der Waals surface area contributed by atoms with E-state index in [4.69, 9.17) is 15.2 Å². The molecule has 1 aromatic heterocycles. The fourth-order valence-corrected chi connectivity index (χ4v) is 1.57. The summed E-state index contributed by atoms with van der Waals surface area (Å²) >= 11 is 0. The zero-order valence-electron chi connectivity index (χ0n) is 10.5. The number of carbonyl (C=O) groups is 1. The van der Waals surface area contributed by atoms with E-state index in [0.29, 0.717) is 17.0 Å². The van der Waals surface area contributed by atoms with Crippen LogP contribution in [0.1, 0.15) is 15.9 Å². The molecule has 19 heavy (non-hydrogen) atoms. The number of pyridine rings is 1. The summed E-state index contributed by atoms with van der Waals surface area (Å²) < 4.78 is 10.2. The van der Waals surface area contributed by atoms with Gasteiger partial charge in [-0.2, -0.15) is 0 Å². The van der Waals surface area contributed by atoms with E-state index in [0.717, 1.165) is 5.56 Å². The molecule has 0 saturated carbocycles. The Morgan fingerprint density at radius 1 is 1.26 bits per heavy atom. The van der Waals surface area contributed by atoms with Crippen LogP contribution in [0.3, 0.4) is 0 Å². The van der Waals surface area contributed by atoms with E-state index < -0.39 is 5.97 Å². The first-order chi connectivity index (χ1) is 9.20. The Labute approximate surface area is 111 Å². The first-order valence-corrected chi connectivity index (χ1v) is 5.70. The Kier molecular flexibility index (Phi) is 3.97. The average Bonchev–Trinajstić information content (AvgIpc) is 2.45. The third kappa shape index (κ3) is 3.22. The van der Waals surface area contributed by atoms with Crippen LogP contribution >= 0.6 is 0 Å². The minimum absolute atomic E-state index is 0.202. The van der Waals surface area contributed by atoms with Crippen LogP contribution in [0.25, 0.3) is 0 Å². The molecular formula is C14H14N2O3. The van der Waals surface area contributed by atoms with Gasteiger partial charge in [0.05, 0.1) is 18.4 Å². The molecule has 0 unspecified atom stereocenters. The van der Waals surface area contributed by atoms with Crippen molar-refractivity contribution in [3.63, 3.8) is 0 Å². The highest BCUT2D eigenvalue weighted by Crippen LogP contribution is 2.22. The Morgan fingerprint density at radius 3 is 2.63 bits per heavy atom. The monoisotopic (exact) mass is 258 g/mol. The number of hydrogen-bond acceptors (Lipinski definition) is 5. The second-order valence-corrected chi connectivity index (χ2v) is 3.89. The summed E-state index contributed by atoms with van der Waals surface area (Å²) in [6.45, 7) is 0.202. The summed E-state index contributed by atoms with van der Waals surface area (Å²) in [4.78, 5) is 15.7. The van der Waals surface area contributed by atoms with Gasteiger partial charge in [0.15, 0.2) is 0 Å². The van der Waals surface area contributed by atoms with Crippen LogP contribution in [-0.4, -0.2) is 18.1 Å². The molecule has 0 aliphatic heterocycles. The molecule has 0 atom stereocenters. The highest BCUT2D eigenvalue weighted by molar-refractivity contribution is 5.91. The van der Waals surface area contributed by atoms with Gasteiger partial charge in [-0.05, 0) is 35.9 Å². The molecule has 2 aromatic rings. The number of rotatable bonds is 4. The third-order valence-electron chi connectivity index (χ3n) is 2.58. The number of nitrogens with zero attached hydrogens (tertiary/aromatic N) is 1. The Balaban J connectivity index is 2.02. The van der Waals surface area contributed by atoms with Crippen LogP contribution < -0.4 is 10.5 Å². The Bertz CT molecular complexity index is 570. The van der Waals surface area contributed by atoms with E-state index in [-0.39, 0.29) is 6.61 Å². The molecule has 0 spiro atoms. The van der Waals surface area contributed by atoms with Crippen LogP contribution in [0.2, 0.25) is 0 Å². The summed E-state index contributed by atoms with van der Waals surface area (Å²) in [6, 6.07) is 8.36. The standard InChI is InChI=1S/C14H14N2O3/c1-18-13-3-2-11(8-12(13)15)14(17)19-9-10-4-6-16-7-5-10/h2-8H,9,15H2,1H3. The van der Waals surface area contributed by atoms with Gasteiger partial charge in [0, 0.05) is 12.4 Å². The van der Waals surface area contributed by atoms with Crippen molar-refractivity contribution in [2.45, 2.75) is 6.61 Å². The lowest BCUT2D eigenvalue weighted by Gasteiger charge is -2.07. The number of benzene rings is 1. The lowest BCUT2D eigenvalue weighted by molar-refractivity contribution is 0.0472. The molecule has 5 nitrogen and oxygen atoms in total. The first kappa shape index (κ1) is 12.9. The van der Waals surface area contributed by atoms with E-state index in [1.54, 1.807) is 36.7 Å². The normalized spacial score (nSPS) is 9.95. The molecule has 0 radical (unpaired) electrons. The quantitative estimate of drug-likeness (QED) is 0.671. The number of nitrogen functional groups attached to an aromatic ring is 1. The fraction of sp³-hybridized carbons (Fsp3) is 0.143. The van der Waals surface area contributed by atoms with Crippen molar-refractivity contribution in [2.24, 2.45) is 0 Å². The Morgan fingerprint density at radius 2 is 2.00 bits per heavy atom. The zero-order valence-corrected chi connectivity index (χ0v) is 10.5. The second kappa shape index (κ2) is 5.86. The van der Waals surface area contributed by atoms with Crippen LogP contribution in [0.4, 0.5) is 5.69 Å². The predicted molar refractivity (Wildman–Crippen MR) is 70.8 cm³/mol. The van der Waals surface area contributed by atoms with Crippen molar-refractivity contribution in [2.75, 3.05) is 12.8 Å². The van der Waals surface area contributed by atoms with Crippen molar-refractivity contribution in [3.05, 3.63) is 53.9 Å². The van der Waals surface area contributed by atoms with E-state index in [9.17, 15) is 4.79 Å². The van der Waals surface area contributed by atoms with Gasteiger partial charge in [-0.1, -0.05) is 0 Å². The number of nitrogens with two attached hydrogens (primary N) is 1. The van der Waals surface area contributed by atoms with Gasteiger partial charge >= 0.3 is 5.97 Å². The number of anilines is 1. The van der Waals surface area contributed by atoms with Crippen molar-refractivity contribution in [1.29, 1.82) is 0 Å². The van der Waals surface area contributed by atoms with Gasteiger partial charge in [-0.3, -0.25) is 4.98 Å². The summed E-state index contributed by atoms with van der Waals surface area (Å²) in [5.74, 6) is 0.108. The number of ether oxygens (including phenoxy) is 2. The van der Waals surface area contributed by atoms with Crippen LogP contribution in [-0.2, 0) is 11.3 Å². The highest BCUT2D eigenvalue weighted by atomic mass is 16.5. The average molecular weight is 258 g/mol. The van der Waals surface area contributed by atoms with Crippen LogP contribution in [0.15, 0.2) is 42.7 Å². The molecule has 0 fully saturated rings. The van der Waals surface area contributed by atoms with Gasteiger partial charge in [-0.25, -0.2) is 4.79 Å². The zero-order chi connectivity index (χ0) is 13.7. The predicted octanol–water partition coefficient (Wildman–Crippen LogP) is 2.03. The molecule has 0 aliphatic rings. The number of hydrogen-bond donors (Lipinski definition) is 1. The molecule has 0 saturated heterocycles. The molecule has 0 aliphatic carbocycles. The lowest BCUT2D eigenvalue weighted by Crippen LogP contribution is -2.06. The summed E-state index contributed by atoms with van der Waals surface area (Å²) in [5, 5.41) is 0. The lowest BCUT2D eigenvalue weighted by atomic mass is 10.2. The van der Waals surface area contributed by atoms with Gasteiger partial charge < -0.3 is 15.2 Å². The van der Waals surface area contributed by atoms with E-state index in [1.165, 1.54) is 13.2 Å². The van der Waals surface area contributed by atoms with Crippen molar-refractivity contribution in [3.8, 4) is 5.75 Å². The molecule has 0 amide bonds. The topological polar surface area (TPSA) is 74.4 Å².